The van der Waals surface area contributed by atoms with Gasteiger partial charge in [-0.2, -0.15) is 0 Å². The third kappa shape index (κ3) is 5.20. The van der Waals surface area contributed by atoms with Crippen LogP contribution in [0.2, 0.25) is 5.02 Å². The second-order valence-corrected chi connectivity index (χ2v) is 7.07. The number of carbonyl (C=O) groups is 2. The van der Waals surface area contributed by atoms with Gasteiger partial charge in [-0.05, 0) is 44.0 Å². The standard InChI is InChI=1S/C20H23ClN4O2/c1-14-6-4-10-18(23-14)24-20(27)15-7-5-11-25(13-15)19(26)12-22-17-9-3-2-8-16(17)21/h2-4,6,8-10,15,22H,5,7,11-13H2,1H3,(H,23,24,27). The van der Waals surface area contributed by atoms with Crippen molar-refractivity contribution in [3.63, 3.8) is 0 Å². The lowest BCUT2D eigenvalue weighted by molar-refractivity contribution is -0.132. The van der Waals surface area contributed by atoms with Crippen LogP contribution in [-0.4, -0.2) is 41.3 Å². The van der Waals surface area contributed by atoms with Gasteiger partial charge in [0.25, 0.3) is 0 Å². The zero-order valence-electron chi connectivity index (χ0n) is 15.2. The number of nitrogens with one attached hydrogen (secondary N) is 2. The number of piperidine rings is 1. The number of anilines is 2. The van der Waals surface area contributed by atoms with Gasteiger partial charge in [-0.15, -0.1) is 0 Å². The van der Waals surface area contributed by atoms with Crippen LogP contribution in [0.4, 0.5) is 11.5 Å². The SMILES string of the molecule is Cc1cccc(NC(=O)C2CCCN(C(=O)CNc3ccccc3Cl)C2)n1. The molecule has 6 nitrogen and oxygen atoms in total. The van der Waals surface area contributed by atoms with Crippen LogP contribution in [-0.2, 0) is 9.59 Å². The molecule has 0 saturated carbocycles. The van der Waals surface area contributed by atoms with Crippen LogP contribution in [0.3, 0.4) is 0 Å². The Hall–Kier alpha value is -2.60. The summed E-state index contributed by atoms with van der Waals surface area (Å²) in [6, 6.07) is 12.8. The lowest BCUT2D eigenvalue weighted by Gasteiger charge is -2.32. The molecule has 1 fully saturated rings. The number of halogens is 1. The maximum absolute atomic E-state index is 12.5. The molecule has 27 heavy (non-hydrogen) atoms. The second-order valence-electron chi connectivity index (χ2n) is 6.67. The molecule has 0 aliphatic carbocycles. The molecule has 1 aliphatic heterocycles. The number of amides is 2. The Kier molecular flexibility index (Phi) is 6.29. The van der Waals surface area contributed by atoms with Crippen LogP contribution >= 0.6 is 11.6 Å². The average Bonchev–Trinajstić information content (AvgIpc) is 2.67. The van der Waals surface area contributed by atoms with E-state index in [0.717, 1.165) is 24.2 Å². The topological polar surface area (TPSA) is 74.3 Å². The zero-order chi connectivity index (χ0) is 19.2. The molecule has 2 N–H and O–H groups in total. The number of aromatic nitrogens is 1. The third-order valence-corrected chi connectivity index (χ3v) is 4.92. The number of rotatable bonds is 5. The van der Waals surface area contributed by atoms with Crippen molar-refractivity contribution in [1.29, 1.82) is 0 Å². The largest absolute Gasteiger partial charge is 0.375 e. The Morgan fingerprint density at radius 2 is 2.04 bits per heavy atom. The summed E-state index contributed by atoms with van der Waals surface area (Å²) in [5.74, 6) is 0.180. The van der Waals surface area contributed by atoms with Crippen molar-refractivity contribution >= 4 is 34.9 Å². The van der Waals surface area contributed by atoms with Crippen LogP contribution in [0.1, 0.15) is 18.5 Å². The van der Waals surface area contributed by atoms with E-state index in [1.54, 1.807) is 17.0 Å². The molecule has 0 spiro atoms. The van der Waals surface area contributed by atoms with E-state index < -0.39 is 0 Å². The average molecular weight is 387 g/mol. The predicted molar refractivity (Wildman–Crippen MR) is 107 cm³/mol. The first-order valence-corrected chi connectivity index (χ1v) is 9.41. The summed E-state index contributed by atoms with van der Waals surface area (Å²) in [6.45, 7) is 3.11. The fraction of sp³-hybridized carbons (Fsp3) is 0.350. The van der Waals surface area contributed by atoms with E-state index in [4.69, 9.17) is 11.6 Å². The fourth-order valence-corrected chi connectivity index (χ4v) is 3.35. The monoisotopic (exact) mass is 386 g/mol. The fourth-order valence-electron chi connectivity index (χ4n) is 3.15. The van der Waals surface area contributed by atoms with E-state index >= 15 is 0 Å². The van der Waals surface area contributed by atoms with Crippen molar-refractivity contribution in [2.75, 3.05) is 30.3 Å². The number of hydrogen-bond acceptors (Lipinski definition) is 4. The smallest absolute Gasteiger partial charge is 0.241 e. The third-order valence-electron chi connectivity index (χ3n) is 4.59. The van der Waals surface area contributed by atoms with Crippen LogP contribution in [0.25, 0.3) is 0 Å². The van der Waals surface area contributed by atoms with Crippen LogP contribution in [0, 0.1) is 12.8 Å². The molecule has 1 unspecified atom stereocenters. The van der Waals surface area contributed by atoms with Crippen molar-refractivity contribution in [3.8, 4) is 0 Å². The lowest BCUT2D eigenvalue weighted by Crippen LogP contribution is -2.45. The van der Waals surface area contributed by atoms with Gasteiger partial charge in [0, 0.05) is 18.8 Å². The molecule has 1 aliphatic rings. The summed E-state index contributed by atoms with van der Waals surface area (Å²) in [5, 5.41) is 6.50. The first-order valence-electron chi connectivity index (χ1n) is 9.03. The molecule has 2 aromatic rings. The molecule has 3 rings (SSSR count). The van der Waals surface area contributed by atoms with Gasteiger partial charge in [0.05, 0.1) is 23.2 Å². The highest BCUT2D eigenvalue weighted by atomic mass is 35.5. The molecule has 0 bridgehead atoms. The Balaban J connectivity index is 1.54. The highest BCUT2D eigenvalue weighted by molar-refractivity contribution is 6.33. The van der Waals surface area contributed by atoms with E-state index in [1.165, 1.54) is 0 Å². The second kappa shape index (κ2) is 8.86. The summed E-state index contributed by atoms with van der Waals surface area (Å²) in [5.41, 5.74) is 1.57. The van der Waals surface area contributed by atoms with E-state index in [1.807, 2.05) is 37.3 Å². The minimum Gasteiger partial charge on any atom is -0.375 e. The number of nitrogens with zero attached hydrogens (tertiary/aromatic N) is 2. The van der Waals surface area contributed by atoms with Crippen molar-refractivity contribution in [3.05, 3.63) is 53.2 Å². The van der Waals surface area contributed by atoms with Gasteiger partial charge in [-0.25, -0.2) is 4.98 Å². The summed E-state index contributed by atoms with van der Waals surface area (Å²) in [7, 11) is 0. The first-order chi connectivity index (χ1) is 13.0. The maximum Gasteiger partial charge on any atom is 0.241 e. The van der Waals surface area contributed by atoms with Gasteiger partial charge in [0.15, 0.2) is 0 Å². The molecular weight excluding hydrogens is 364 g/mol. The molecule has 1 aromatic heterocycles. The molecular formula is C20H23ClN4O2. The van der Waals surface area contributed by atoms with Gasteiger partial charge < -0.3 is 15.5 Å². The number of carbonyl (C=O) groups excluding carboxylic acids is 2. The molecule has 1 aromatic carbocycles. The summed E-state index contributed by atoms with van der Waals surface area (Å²) >= 11 is 6.10. The Morgan fingerprint density at radius 3 is 2.81 bits per heavy atom. The summed E-state index contributed by atoms with van der Waals surface area (Å²) in [6.07, 6.45) is 1.57. The van der Waals surface area contributed by atoms with Crippen LogP contribution < -0.4 is 10.6 Å². The van der Waals surface area contributed by atoms with E-state index in [-0.39, 0.29) is 24.3 Å². The zero-order valence-corrected chi connectivity index (χ0v) is 16.0. The highest BCUT2D eigenvalue weighted by Crippen LogP contribution is 2.21. The molecule has 2 amide bonds. The number of aryl methyl sites for hydroxylation is 1. The maximum atomic E-state index is 12.5. The molecule has 2 heterocycles. The highest BCUT2D eigenvalue weighted by Gasteiger charge is 2.28. The molecule has 1 atom stereocenters. The molecule has 142 valence electrons. The first kappa shape index (κ1) is 19.2. The summed E-state index contributed by atoms with van der Waals surface area (Å²) < 4.78 is 0. The number of hydrogen-bond donors (Lipinski definition) is 2. The van der Waals surface area contributed by atoms with Crippen molar-refractivity contribution in [2.45, 2.75) is 19.8 Å². The van der Waals surface area contributed by atoms with Crippen LogP contribution in [0.5, 0.6) is 0 Å². The lowest BCUT2D eigenvalue weighted by atomic mass is 9.97. The van der Waals surface area contributed by atoms with E-state index in [2.05, 4.69) is 15.6 Å². The minimum absolute atomic E-state index is 0.0406. The normalized spacial score (nSPS) is 16.7. The van der Waals surface area contributed by atoms with E-state index in [9.17, 15) is 9.59 Å². The molecule has 1 saturated heterocycles. The number of pyridine rings is 1. The van der Waals surface area contributed by atoms with Gasteiger partial charge in [0.1, 0.15) is 5.82 Å². The Labute approximate surface area is 163 Å². The van der Waals surface area contributed by atoms with Crippen molar-refractivity contribution in [1.82, 2.24) is 9.88 Å². The van der Waals surface area contributed by atoms with Crippen LogP contribution in [0.15, 0.2) is 42.5 Å². The van der Waals surface area contributed by atoms with Gasteiger partial charge in [-0.1, -0.05) is 29.8 Å². The van der Waals surface area contributed by atoms with Crippen molar-refractivity contribution < 1.29 is 9.59 Å². The Bertz CT molecular complexity index is 827. The van der Waals surface area contributed by atoms with Gasteiger partial charge in [-0.3, -0.25) is 9.59 Å². The molecule has 7 heteroatoms. The minimum atomic E-state index is -0.231. The summed E-state index contributed by atoms with van der Waals surface area (Å²) in [4.78, 5) is 31.1. The number of benzene rings is 1. The number of para-hydroxylation sites is 1. The Morgan fingerprint density at radius 1 is 1.22 bits per heavy atom. The quantitative estimate of drug-likeness (QED) is 0.826. The van der Waals surface area contributed by atoms with E-state index in [0.29, 0.717) is 23.9 Å². The predicted octanol–water partition coefficient (Wildman–Crippen LogP) is 3.33. The van der Waals surface area contributed by atoms with Crippen molar-refractivity contribution in [2.24, 2.45) is 5.92 Å². The molecule has 0 radical (unpaired) electrons. The van der Waals surface area contributed by atoms with Gasteiger partial charge >= 0.3 is 0 Å². The van der Waals surface area contributed by atoms with Gasteiger partial charge in [0.2, 0.25) is 11.8 Å². The number of likely N-dealkylation sites (tertiary alicyclic amines) is 1.